The van der Waals surface area contributed by atoms with Gasteiger partial charge in [0.2, 0.25) is 10.0 Å². The highest BCUT2D eigenvalue weighted by Crippen LogP contribution is 2.64. The fourth-order valence-electron chi connectivity index (χ4n) is 7.24. The van der Waals surface area contributed by atoms with Crippen LogP contribution >= 0.6 is 0 Å². The summed E-state index contributed by atoms with van der Waals surface area (Å²) in [6, 6.07) is 10.8. The number of rotatable bonds is 4. The summed E-state index contributed by atoms with van der Waals surface area (Å²) in [5.41, 5.74) is 5.78. The van der Waals surface area contributed by atoms with Crippen LogP contribution in [0.3, 0.4) is 0 Å². The molecule has 4 aliphatic rings. The number of nitrogens with zero attached hydrogens (tertiary/aromatic N) is 2. The first-order chi connectivity index (χ1) is 16.6. The van der Waals surface area contributed by atoms with Crippen molar-refractivity contribution in [2.45, 2.75) is 49.3 Å². The normalized spacial score (nSPS) is 29.8. The molecule has 174 valence electrons. The van der Waals surface area contributed by atoms with Crippen LogP contribution in [-0.4, -0.2) is 34.1 Å². The summed E-state index contributed by atoms with van der Waals surface area (Å²) in [6.07, 6.45) is 7.32. The maximum absolute atomic E-state index is 12.6. The summed E-state index contributed by atoms with van der Waals surface area (Å²) in [5.74, 6) is 2.87. The number of anilines is 2. The van der Waals surface area contributed by atoms with Crippen LogP contribution in [0.25, 0.3) is 21.8 Å². The zero-order valence-corrected chi connectivity index (χ0v) is 19.4. The zero-order valence-electron chi connectivity index (χ0n) is 18.6. The highest BCUT2D eigenvalue weighted by atomic mass is 32.2. The van der Waals surface area contributed by atoms with Crippen molar-refractivity contribution in [1.29, 1.82) is 0 Å². The van der Waals surface area contributed by atoms with Crippen LogP contribution in [-0.2, 0) is 10.0 Å². The van der Waals surface area contributed by atoms with E-state index >= 15 is 0 Å². The lowest BCUT2D eigenvalue weighted by Gasteiger charge is -2.43. The van der Waals surface area contributed by atoms with Crippen molar-refractivity contribution in [2.75, 3.05) is 10.0 Å². The van der Waals surface area contributed by atoms with Gasteiger partial charge < -0.3 is 5.32 Å². The van der Waals surface area contributed by atoms with E-state index in [2.05, 4.69) is 54.7 Å². The van der Waals surface area contributed by atoms with E-state index in [1.165, 1.54) is 41.5 Å². The lowest BCUT2D eigenvalue weighted by Crippen LogP contribution is -2.35. The molecule has 0 amide bonds. The molecule has 3 saturated carbocycles. The largest absolute Gasteiger partial charge is 0.378 e. The van der Waals surface area contributed by atoms with Crippen molar-refractivity contribution in [1.82, 2.24) is 20.4 Å². The first-order valence-corrected chi connectivity index (χ1v) is 13.8. The smallest absolute Gasteiger partial charge is 0.236 e. The molecular formula is C25H26N6O2S. The molecule has 3 fully saturated rings. The van der Waals surface area contributed by atoms with Gasteiger partial charge in [0.1, 0.15) is 0 Å². The molecule has 2 unspecified atom stereocenters. The van der Waals surface area contributed by atoms with Gasteiger partial charge in [-0.2, -0.15) is 10.2 Å². The fraction of sp³-hybridized carbons (Fsp3) is 0.440. The number of hydrogen-bond donors (Lipinski definition) is 4. The summed E-state index contributed by atoms with van der Waals surface area (Å²) in [6.45, 7) is 0. The molecule has 3 aliphatic carbocycles. The molecule has 8 rings (SSSR count). The molecule has 3 heterocycles. The predicted octanol–water partition coefficient (Wildman–Crippen LogP) is 4.64. The van der Waals surface area contributed by atoms with E-state index in [0.717, 1.165) is 35.2 Å². The molecule has 34 heavy (non-hydrogen) atoms. The van der Waals surface area contributed by atoms with Crippen LogP contribution < -0.4 is 10.0 Å². The van der Waals surface area contributed by atoms with Crippen LogP contribution in [0.5, 0.6) is 0 Å². The summed E-state index contributed by atoms with van der Waals surface area (Å²) >= 11 is 0. The Labute approximate surface area is 196 Å². The quantitative estimate of drug-likeness (QED) is 0.344. The molecule has 0 spiro atoms. The van der Waals surface area contributed by atoms with Crippen LogP contribution in [0.1, 0.15) is 55.2 Å². The number of sulfonamides is 1. The lowest BCUT2D eigenvalue weighted by molar-refractivity contribution is 0.249. The number of aromatic amines is 2. The number of H-pyrrole nitrogens is 2. The maximum atomic E-state index is 12.6. The second kappa shape index (κ2) is 6.53. The molecule has 5 atom stereocenters. The molecular weight excluding hydrogens is 448 g/mol. The van der Waals surface area contributed by atoms with Gasteiger partial charge in [0.15, 0.2) is 5.82 Å². The van der Waals surface area contributed by atoms with Crippen molar-refractivity contribution in [2.24, 2.45) is 17.8 Å². The molecule has 1 aliphatic heterocycles. The monoisotopic (exact) mass is 474 g/mol. The van der Waals surface area contributed by atoms with Crippen LogP contribution in [0.2, 0.25) is 0 Å². The Morgan fingerprint density at radius 2 is 1.76 bits per heavy atom. The number of aromatic nitrogens is 4. The molecule has 0 saturated heterocycles. The van der Waals surface area contributed by atoms with Crippen LogP contribution in [0, 0.1) is 17.8 Å². The first kappa shape index (κ1) is 19.3. The zero-order chi connectivity index (χ0) is 22.6. The van der Waals surface area contributed by atoms with E-state index in [1.54, 1.807) is 0 Å². The van der Waals surface area contributed by atoms with Gasteiger partial charge in [-0.05, 0) is 91.2 Å². The van der Waals surface area contributed by atoms with Crippen molar-refractivity contribution >= 4 is 43.3 Å². The topological polar surface area (TPSA) is 116 Å². The minimum Gasteiger partial charge on any atom is -0.378 e. The lowest BCUT2D eigenvalue weighted by atomic mass is 9.67. The third-order valence-electron chi connectivity index (χ3n) is 8.82. The Hall–Kier alpha value is -3.07. The van der Waals surface area contributed by atoms with Crippen LogP contribution in [0.4, 0.5) is 11.5 Å². The highest BCUT2D eigenvalue weighted by molar-refractivity contribution is 7.93. The van der Waals surface area contributed by atoms with Gasteiger partial charge in [0.05, 0.1) is 28.5 Å². The molecule has 4 aromatic rings. The standard InChI is InChI=1S/C25H26N6O2S/c32-34(33,15-4-5-15)31-25-16-10-14(3-6-18(16)29-30-25)24-22-13-2-1-12(9-13)21(22)23-17-11-26-28-19(17)7-8-20(23)27-24/h3,6-8,10-13,15,21-22,24,27H,1-2,4-5,9H2,(H,26,28)(H2,29,30,31)/t12?,13?,21-,22+,24-/m0/s1. The van der Waals surface area contributed by atoms with E-state index in [0.29, 0.717) is 23.6 Å². The average Bonchev–Trinajstić information content (AvgIpc) is 3.17. The van der Waals surface area contributed by atoms with Crippen LogP contribution in [0.15, 0.2) is 36.5 Å². The first-order valence-electron chi connectivity index (χ1n) is 12.3. The maximum Gasteiger partial charge on any atom is 0.236 e. The van der Waals surface area contributed by atoms with Gasteiger partial charge in [-0.3, -0.25) is 14.9 Å². The molecule has 2 bridgehead atoms. The van der Waals surface area contributed by atoms with E-state index in [9.17, 15) is 8.42 Å². The predicted molar refractivity (Wildman–Crippen MR) is 131 cm³/mol. The minimum atomic E-state index is -3.37. The van der Waals surface area contributed by atoms with E-state index < -0.39 is 10.0 Å². The van der Waals surface area contributed by atoms with Gasteiger partial charge in [0, 0.05) is 16.5 Å². The molecule has 9 heteroatoms. The van der Waals surface area contributed by atoms with Crippen molar-refractivity contribution in [3.8, 4) is 0 Å². The number of fused-ring (bicyclic) bond motifs is 10. The van der Waals surface area contributed by atoms with Crippen molar-refractivity contribution < 1.29 is 8.42 Å². The van der Waals surface area contributed by atoms with E-state index in [-0.39, 0.29) is 11.3 Å². The summed E-state index contributed by atoms with van der Waals surface area (Å²) in [7, 11) is -3.37. The summed E-state index contributed by atoms with van der Waals surface area (Å²) in [5, 5.41) is 20.5. The Kier molecular flexibility index (Phi) is 3.70. The number of hydrogen-bond acceptors (Lipinski definition) is 5. The second-order valence-electron chi connectivity index (χ2n) is 10.6. The van der Waals surface area contributed by atoms with Gasteiger partial charge in [-0.15, -0.1) is 0 Å². The highest BCUT2D eigenvalue weighted by Gasteiger charge is 2.54. The fourth-order valence-corrected chi connectivity index (χ4v) is 8.59. The molecule has 0 radical (unpaired) electrons. The molecule has 2 aromatic heterocycles. The Morgan fingerprint density at radius 1 is 0.941 bits per heavy atom. The average molecular weight is 475 g/mol. The molecule has 2 aromatic carbocycles. The van der Waals surface area contributed by atoms with E-state index in [4.69, 9.17) is 0 Å². The minimum absolute atomic E-state index is 0.185. The molecule has 8 nitrogen and oxygen atoms in total. The number of benzene rings is 2. The third-order valence-corrected chi connectivity index (χ3v) is 10.7. The Morgan fingerprint density at radius 3 is 2.65 bits per heavy atom. The van der Waals surface area contributed by atoms with Gasteiger partial charge in [-0.25, -0.2) is 8.42 Å². The second-order valence-corrected chi connectivity index (χ2v) is 12.6. The molecule has 4 N–H and O–H groups in total. The SMILES string of the molecule is O=S(=O)(Nc1n[nH]c2ccc([C@@H]3Nc4ccc5[nH]ncc5c4[C@H]4C5CCC(C5)[C@@H]34)cc12)C1CC1. The van der Waals surface area contributed by atoms with Gasteiger partial charge >= 0.3 is 0 Å². The van der Waals surface area contributed by atoms with Gasteiger partial charge in [-0.1, -0.05) is 6.07 Å². The third kappa shape index (κ3) is 2.61. The number of nitrogens with one attached hydrogen (secondary N) is 4. The Bertz CT molecular complexity index is 1570. The summed E-state index contributed by atoms with van der Waals surface area (Å²) < 4.78 is 27.9. The van der Waals surface area contributed by atoms with Crippen molar-refractivity contribution in [3.63, 3.8) is 0 Å². The Balaban J connectivity index is 1.24. The van der Waals surface area contributed by atoms with Gasteiger partial charge in [0.25, 0.3) is 0 Å². The van der Waals surface area contributed by atoms with Crippen molar-refractivity contribution in [3.05, 3.63) is 47.7 Å². The van der Waals surface area contributed by atoms with E-state index in [1.807, 2.05) is 12.3 Å². The summed E-state index contributed by atoms with van der Waals surface area (Å²) in [4.78, 5) is 0.